The summed E-state index contributed by atoms with van der Waals surface area (Å²) in [6.07, 6.45) is 0. The van der Waals surface area contributed by atoms with Crippen LogP contribution in [0.25, 0.3) is 0 Å². The van der Waals surface area contributed by atoms with Crippen LogP contribution >= 0.6 is 0 Å². The minimum absolute atomic E-state index is 0. The Balaban J connectivity index is 0. The van der Waals surface area contributed by atoms with E-state index in [1.165, 1.54) is 0 Å². The molecule has 5 heteroatoms. The molecule has 0 aliphatic carbocycles. The fourth-order valence-electron chi connectivity index (χ4n) is 0. The summed E-state index contributed by atoms with van der Waals surface area (Å²) in [5, 5.41) is 0. The largest absolute Gasteiger partial charge is 0 e. The molecule has 0 fully saturated rings. The van der Waals surface area contributed by atoms with Crippen LogP contribution < -0.4 is 0 Å². The molecule has 0 unspecified atom stereocenters. The third kappa shape index (κ3) is 17.9. The molecule has 0 saturated heterocycles. The Kier molecular flexibility index (Phi) is 169. The van der Waals surface area contributed by atoms with E-state index >= 15 is 0 Å². The summed E-state index contributed by atoms with van der Waals surface area (Å²) in [5.74, 6) is 0. The molecular formula is H7AlBaLiNaNi. The second kappa shape index (κ2) is 24.1. The fourth-order valence-corrected chi connectivity index (χ4v) is 0. The van der Waals surface area contributed by atoms with Gasteiger partial charge in [0.25, 0.3) is 0 Å². The van der Waals surface area contributed by atoms with Crippen LogP contribution in [-0.2, 0) is 16.5 Å². The molecule has 0 amide bonds. The first-order valence-corrected chi connectivity index (χ1v) is 0. The molecule has 0 nitrogen and oxygen atoms in total. The molecule has 0 aliphatic heterocycles. The molecule has 0 radical (unpaired) electrons. The van der Waals surface area contributed by atoms with Crippen molar-refractivity contribution < 1.29 is 16.5 Å². The Morgan fingerprint density at radius 2 is 1.00 bits per heavy atom. The van der Waals surface area contributed by atoms with Gasteiger partial charge in [0.2, 0.25) is 0 Å². The summed E-state index contributed by atoms with van der Waals surface area (Å²) < 4.78 is 0. The second-order valence-corrected chi connectivity index (χ2v) is 0. The maximum absolute atomic E-state index is 0. The van der Waals surface area contributed by atoms with E-state index in [1.54, 1.807) is 0 Å². The van der Waals surface area contributed by atoms with Crippen molar-refractivity contribution in [1.29, 1.82) is 0 Å². The van der Waals surface area contributed by atoms with E-state index in [4.69, 9.17) is 0 Å². The van der Waals surface area contributed by atoms with Gasteiger partial charge >= 0.3 is 97.3 Å². The zero-order chi connectivity index (χ0) is 0. The van der Waals surface area contributed by atoms with Gasteiger partial charge in [-0.15, -0.1) is 0 Å². The van der Waals surface area contributed by atoms with Gasteiger partial charge < -0.3 is 0 Å². The summed E-state index contributed by atoms with van der Waals surface area (Å²) in [5.41, 5.74) is 0. The van der Waals surface area contributed by atoms with Crippen LogP contribution in [0, 0.1) is 0 Å². The van der Waals surface area contributed by atoms with Gasteiger partial charge in [-0.05, 0) is 0 Å². The monoisotopic (exact) mass is 260 g/mol. The van der Waals surface area contributed by atoms with Crippen molar-refractivity contribution in [3.8, 4) is 0 Å². The quantitative estimate of drug-likeness (QED) is 0.398. The van der Waals surface area contributed by atoms with Gasteiger partial charge in [-0.25, -0.2) is 0 Å². The van der Waals surface area contributed by atoms with E-state index in [-0.39, 0.29) is 131 Å². The molecule has 5 heavy (non-hydrogen) atoms. The Labute approximate surface area is 128 Å². The van der Waals surface area contributed by atoms with Crippen molar-refractivity contribution in [3.63, 3.8) is 0 Å². The summed E-state index contributed by atoms with van der Waals surface area (Å²) in [6.45, 7) is 0. The van der Waals surface area contributed by atoms with Crippen molar-refractivity contribution in [1.82, 2.24) is 0 Å². The van der Waals surface area contributed by atoms with E-state index in [2.05, 4.69) is 0 Å². The van der Waals surface area contributed by atoms with Crippen molar-refractivity contribution in [2.24, 2.45) is 0 Å². The first kappa shape index (κ1) is 35.1. The van der Waals surface area contributed by atoms with E-state index in [0.717, 1.165) is 0 Å². The molecule has 0 aromatic carbocycles. The standard InChI is InChI=1S/Al.Ba.Li.Na.Ni.7H. The summed E-state index contributed by atoms with van der Waals surface area (Å²) in [4.78, 5) is 0. The number of hydrogen-bond donors (Lipinski definition) is 0. The number of hydrogen-bond acceptors (Lipinski definition) is 0. The van der Waals surface area contributed by atoms with E-state index in [0.29, 0.717) is 0 Å². The van der Waals surface area contributed by atoms with Crippen LogP contribution in [0.3, 0.4) is 0 Å². The molecule has 0 heterocycles. The maximum Gasteiger partial charge on any atom is 0 e. The van der Waals surface area contributed by atoms with Gasteiger partial charge in [-0.2, -0.15) is 0 Å². The minimum atomic E-state index is 0. The van der Waals surface area contributed by atoms with Gasteiger partial charge in [0.15, 0.2) is 17.4 Å². The normalized spacial score (nSPS) is 0. The SMILES string of the molecule is [AlH3].[BaH2].[LiH].[NaH].[Ni]. The average Bonchev–Trinajstić information content (AvgIpc) is 0. The number of rotatable bonds is 0. The molecule has 0 saturated carbocycles. The van der Waals surface area contributed by atoms with Gasteiger partial charge in [-0.3, -0.25) is 0 Å². The molecule has 0 aromatic rings. The van der Waals surface area contributed by atoms with Crippen LogP contribution in [0.15, 0.2) is 0 Å². The van der Waals surface area contributed by atoms with Crippen molar-refractivity contribution in [2.45, 2.75) is 0 Å². The Morgan fingerprint density at radius 1 is 1.00 bits per heavy atom. The van der Waals surface area contributed by atoms with Gasteiger partial charge in [0.1, 0.15) is 0 Å². The van der Waals surface area contributed by atoms with Crippen molar-refractivity contribution >= 4 is 115 Å². The predicted octanol–water partition coefficient (Wildman–Crippen LogP) is -3.40. The van der Waals surface area contributed by atoms with Gasteiger partial charge in [0, 0.05) is 16.5 Å². The third-order valence-electron chi connectivity index (χ3n) is 0. The van der Waals surface area contributed by atoms with Crippen LogP contribution in [0.2, 0.25) is 0 Å². The second-order valence-electron chi connectivity index (χ2n) is 0. The average molecular weight is 260 g/mol. The molecular weight excluding hydrogens is 253 g/mol. The molecule has 24 valence electrons. The minimum Gasteiger partial charge on any atom is 0 e. The molecule has 0 N–H and O–H groups in total. The van der Waals surface area contributed by atoms with Crippen molar-refractivity contribution in [2.75, 3.05) is 0 Å². The van der Waals surface area contributed by atoms with Gasteiger partial charge in [-0.1, -0.05) is 0 Å². The molecule has 0 bridgehead atoms. The van der Waals surface area contributed by atoms with Crippen molar-refractivity contribution in [3.05, 3.63) is 0 Å². The fraction of sp³-hybridized carbons (Fsp3) is 0. The van der Waals surface area contributed by atoms with Crippen LogP contribution in [0.5, 0.6) is 0 Å². The maximum atomic E-state index is 0. The molecule has 0 spiro atoms. The molecule has 0 aliphatic rings. The third-order valence-corrected chi connectivity index (χ3v) is 0. The molecule has 0 aromatic heterocycles. The summed E-state index contributed by atoms with van der Waals surface area (Å²) in [6, 6.07) is 0. The Hall–Kier alpha value is 4.19. The Bertz CT molecular complexity index is 11.6. The first-order chi connectivity index (χ1) is 0. The van der Waals surface area contributed by atoms with E-state index < -0.39 is 0 Å². The topological polar surface area (TPSA) is 0 Å². The predicted molar refractivity (Wildman–Crippen MR) is 32.8 cm³/mol. The summed E-state index contributed by atoms with van der Waals surface area (Å²) >= 11 is 0. The van der Waals surface area contributed by atoms with Gasteiger partial charge in [0.05, 0.1) is 0 Å². The van der Waals surface area contributed by atoms with Crippen LogP contribution in [0.1, 0.15) is 0 Å². The van der Waals surface area contributed by atoms with Crippen LogP contribution in [0.4, 0.5) is 0 Å². The zero-order valence-corrected chi connectivity index (χ0v) is 1.30. The molecule has 0 rings (SSSR count). The molecule has 0 atom stereocenters. The first-order valence-electron chi connectivity index (χ1n) is 0. The smallest absolute Gasteiger partial charge is 0 e. The zero-order valence-electron chi connectivity index (χ0n) is 0.316. The van der Waals surface area contributed by atoms with E-state index in [9.17, 15) is 0 Å². The van der Waals surface area contributed by atoms with Crippen LogP contribution in [-0.4, -0.2) is 115 Å². The summed E-state index contributed by atoms with van der Waals surface area (Å²) in [7, 11) is 0. The Morgan fingerprint density at radius 3 is 1.00 bits per heavy atom. The van der Waals surface area contributed by atoms with E-state index in [1.807, 2.05) is 0 Å².